The zero-order valence-corrected chi connectivity index (χ0v) is 23.3. The van der Waals surface area contributed by atoms with E-state index >= 15 is 0 Å². The Morgan fingerprint density at radius 3 is 2.26 bits per heavy atom. The zero-order chi connectivity index (χ0) is 28.9. The van der Waals surface area contributed by atoms with E-state index in [0.717, 1.165) is 38.1 Å². The lowest BCUT2D eigenvalue weighted by atomic mass is 9.93. The van der Waals surface area contributed by atoms with E-state index in [2.05, 4.69) is 10.6 Å². The van der Waals surface area contributed by atoms with E-state index in [0.29, 0.717) is 30.9 Å². The number of aromatic nitrogens is 1. The first kappa shape index (κ1) is 29.1. The zero-order valence-electron chi connectivity index (χ0n) is 22.5. The van der Waals surface area contributed by atoms with Crippen molar-refractivity contribution in [1.29, 1.82) is 0 Å². The van der Waals surface area contributed by atoms with Crippen molar-refractivity contribution in [3.63, 3.8) is 0 Å². The molecule has 1 saturated heterocycles. The van der Waals surface area contributed by atoms with Gasteiger partial charge in [0.2, 0.25) is 0 Å². The van der Waals surface area contributed by atoms with Crippen molar-refractivity contribution in [1.82, 2.24) is 4.98 Å². The van der Waals surface area contributed by atoms with Gasteiger partial charge in [-0.05, 0) is 89.1 Å². The third-order valence-corrected chi connectivity index (χ3v) is 10.3. The summed E-state index contributed by atoms with van der Waals surface area (Å²) in [7, 11) is -4.80. The van der Waals surface area contributed by atoms with E-state index < -0.39 is 37.1 Å². The van der Waals surface area contributed by atoms with Gasteiger partial charge in [0.05, 0.1) is 22.6 Å². The number of amides is 1. The van der Waals surface area contributed by atoms with Gasteiger partial charge in [0, 0.05) is 18.8 Å². The maximum absolute atomic E-state index is 13.5. The number of hydrogen-bond acceptors (Lipinski definition) is 7. The Labute approximate surface area is 226 Å². The number of nitrogens with one attached hydrogen (secondary N) is 2. The molecular formula is C27H35F3N4O4S. The van der Waals surface area contributed by atoms with Crippen LogP contribution in [0.2, 0.25) is 0 Å². The smallest absolute Gasteiger partial charge is 0.394 e. The van der Waals surface area contributed by atoms with Crippen molar-refractivity contribution in [2.24, 2.45) is 5.41 Å². The number of carbonyl (C=O) groups excluding carboxylic acids is 1. The summed E-state index contributed by atoms with van der Waals surface area (Å²) in [6, 6.07) is 8.04. The van der Waals surface area contributed by atoms with Crippen LogP contribution >= 0.6 is 0 Å². The quantitative estimate of drug-likeness (QED) is 0.410. The third kappa shape index (κ3) is 5.86. The van der Waals surface area contributed by atoms with Crippen LogP contribution in [0.3, 0.4) is 0 Å². The minimum absolute atomic E-state index is 0.0455. The summed E-state index contributed by atoms with van der Waals surface area (Å²) in [6.07, 6.45) is -0.592. The number of aliphatic hydroxyl groups excluding tert-OH is 1. The van der Waals surface area contributed by atoms with Gasteiger partial charge in [0.25, 0.3) is 5.91 Å². The standard InChI is InChI=1S/C27H35F3N4O4S/c1-24(2,17-35)33-21-9-8-20(22(32-21)34-14-12-26(10-11-26)13-15-34)23(36)31-18-6-5-7-19(16-18)39(37,38)25(3,4)27(28,29)30/h5-9,16,35H,10-15,17H2,1-4H3,(H,31,36)(H,32,33). The highest BCUT2D eigenvalue weighted by atomic mass is 32.2. The van der Waals surface area contributed by atoms with Gasteiger partial charge in [-0.15, -0.1) is 0 Å². The number of sulfone groups is 1. The summed E-state index contributed by atoms with van der Waals surface area (Å²) < 4.78 is 63.1. The Morgan fingerprint density at radius 1 is 1.05 bits per heavy atom. The monoisotopic (exact) mass is 568 g/mol. The average Bonchev–Trinajstić information content (AvgIpc) is 3.62. The largest absolute Gasteiger partial charge is 0.408 e. The molecule has 1 aliphatic heterocycles. The fourth-order valence-corrected chi connectivity index (χ4v) is 6.01. The molecule has 2 aliphatic rings. The van der Waals surface area contributed by atoms with Crippen LogP contribution in [0.25, 0.3) is 0 Å². The second-order valence-corrected chi connectivity index (χ2v) is 14.2. The molecule has 1 spiro atoms. The van der Waals surface area contributed by atoms with Crippen LogP contribution in [-0.4, -0.2) is 60.6 Å². The number of anilines is 3. The molecule has 1 aromatic carbocycles. The fourth-order valence-electron chi connectivity index (χ4n) is 4.58. The van der Waals surface area contributed by atoms with E-state index in [1.807, 2.05) is 18.7 Å². The van der Waals surface area contributed by atoms with Crippen molar-refractivity contribution in [2.75, 3.05) is 35.2 Å². The van der Waals surface area contributed by atoms with E-state index in [4.69, 9.17) is 4.98 Å². The summed E-state index contributed by atoms with van der Waals surface area (Å²) in [5, 5.41) is 15.4. The van der Waals surface area contributed by atoms with Crippen LogP contribution in [-0.2, 0) is 9.84 Å². The molecule has 2 aromatic rings. The Hall–Kier alpha value is -2.86. The molecule has 2 heterocycles. The number of aliphatic hydroxyl groups is 1. The van der Waals surface area contributed by atoms with Gasteiger partial charge in [0.15, 0.2) is 14.6 Å². The highest BCUT2D eigenvalue weighted by Gasteiger charge is 2.57. The number of pyridine rings is 1. The molecular weight excluding hydrogens is 533 g/mol. The second kappa shape index (κ2) is 9.96. The molecule has 0 radical (unpaired) electrons. The van der Waals surface area contributed by atoms with Crippen LogP contribution in [0.15, 0.2) is 41.3 Å². The predicted octanol–water partition coefficient (Wildman–Crippen LogP) is 5.01. The van der Waals surface area contributed by atoms with Gasteiger partial charge < -0.3 is 20.6 Å². The Balaban J connectivity index is 1.63. The molecule has 3 N–H and O–H groups in total. The normalized spacial score (nSPS) is 17.7. The van der Waals surface area contributed by atoms with E-state index in [1.54, 1.807) is 12.1 Å². The van der Waals surface area contributed by atoms with Crippen molar-refractivity contribution >= 4 is 33.1 Å². The van der Waals surface area contributed by atoms with Gasteiger partial charge in [0.1, 0.15) is 11.6 Å². The highest BCUT2D eigenvalue weighted by molar-refractivity contribution is 7.92. The van der Waals surface area contributed by atoms with Crippen molar-refractivity contribution in [3.8, 4) is 0 Å². The second-order valence-electron chi connectivity index (χ2n) is 11.7. The third-order valence-electron chi connectivity index (χ3n) is 7.82. The Morgan fingerprint density at radius 2 is 1.69 bits per heavy atom. The minimum atomic E-state index is -4.99. The van der Waals surface area contributed by atoms with Gasteiger partial charge in [-0.1, -0.05) is 6.07 Å². The lowest BCUT2D eigenvalue weighted by Gasteiger charge is -2.34. The molecule has 1 saturated carbocycles. The van der Waals surface area contributed by atoms with Crippen LogP contribution in [0.1, 0.15) is 63.7 Å². The summed E-state index contributed by atoms with van der Waals surface area (Å²) >= 11 is 0. The van der Waals surface area contributed by atoms with E-state index in [9.17, 15) is 31.5 Å². The van der Waals surface area contributed by atoms with Crippen molar-refractivity contribution < 1.29 is 31.5 Å². The first-order chi connectivity index (χ1) is 18.0. The molecule has 1 aromatic heterocycles. The number of nitrogens with zero attached hydrogens (tertiary/aromatic N) is 2. The van der Waals surface area contributed by atoms with E-state index in [1.165, 1.54) is 25.0 Å². The summed E-state index contributed by atoms with van der Waals surface area (Å²) in [4.78, 5) is 19.6. The van der Waals surface area contributed by atoms with Crippen LogP contribution in [0.4, 0.5) is 30.5 Å². The number of piperidine rings is 1. The fraction of sp³-hybridized carbons (Fsp3) is 0.556. The first-order valence-electron chi connectivity index (χ1n) is 12.9. The SMILES string of the molecule is CC(C)(CO)Nc1ccc(C(=O)Nc2cccc(S(=O)(=O)C(C)(C)C(F)(F)F)c2)c(N2CCC3(CC2)CC3)n1. The van der Waals surface area contributed by atoms with Crippen molar-refractivity contribution in [2.45, 2.75) is 74.7 Å². The van der Waals surface area contributed by atoms with Crippen molar-refractivity contribution in [3.05, 3.63) is 42.0 Å². The van der Waals surface area contributed by atoms with Gasteiger partial charge in [-0.2, -0.15) is 13.2 Å². The molecule has 39 heavy (non-hydrogen) atoms. The number of alkyl halides is 3. The molecule has 0 atom stereocenters. The Kier molecular flexibility index (Phi) is 7.44. The lowest BCUT2D eigenvalue weighted by molar-refractivity contribution is -0.153. The molecule has 8 nitrogen and oxygen atoms in total. The number of benzene rings is 1. The summed E-state index contributed by atoms with van der Waals surface area (Å²) in [5.41, 5.74) is 0.0377. The first-order valence-corrected chi connectivity index (χ1v) is 14.4. The summed E-state index contributed by atoms with van der Waals surface area (Å²) in [6.45, 7) is 6.17. The minimum Gasteiger partial charge on any atom is -0.394 e. The van der Waals surface area contributed by atoms with Gasteiger partial charge in [-0.3, -0.25) is 4.79 Å². The molecule has 1 amide bonds. The number of rotatable bonds is 8. The molecule has 2 fully saturated rings. The average molecular weight is 569 g/mol. The Bertz CT molecular complexity index is 1350. The number of carbonyl (C=O) groups is 1. The van der Waals surface area contributed by atoms with Gasteiger partial charge >= 0.3 is 6.18 Å². The maximum Gasteiger partial charge on any atom is 0.408 e. The topological polar surface area (TPSA) is 112 Å². The number of hydrogen-bond donors (Lipinski definition) is 3. The predicted molar refractivity (Wildman–Crippen MR) is 144 cm³/mol. The molecule has 0 unspecified atom stereocenters. The number of halogens is 3. The van der Waals surface area contributed by atoms with Crippen LogP contribution < -0.4 is 15.5 Å². The molecule has 4 rings (SSSR count). The molecule has 0 bridgehead atoms. The summed E-state index contributed by atoms with van der Waals surface area (Å²) in [5.74, 6) is 0.361. The van der Waals surface area contributed by atoms with Gasteiger partial charge in [-0.25, -0.2) is 13.4 Å². The maximum atomic E-state index is 13.5. The van der Waals surface area contributed by atoms with E-state index in [-0.39, 0.29) is 17.9 Å². The van der Waals surface area contributed by atoms with Crippen LogP contribution in [0, 0.1) is 5.41 Å². The lowest BCUT2D eigenvalue weighted by Crippen LogP contribution is -2.46. The molecule has 12 heteroatoms. The highest BCUT2D eigenvalue weighted by Crippen LogP contribution is 2.54. The molecule has 214 valence electrons. The van der Waals surface area contributed by atoms with Crippen LogP contribution in [0.5, 0.6) is 0 Å². The molecule has 1 aliphatic carbocycles.